The Labute approximate surface area is 193 Å². The number of nitrogens with one attached hydrogen (secondary N) is 1. The second-order valence-electron chi connectivity index (χ2n) is 7.19. The van der Waals surface area contributed by atoms with Gasteiger partial charge in [0.15, 0.2) is 16.7 Å². The minimum absolute atomic E-state index is 0.216. The lowest BCUT2D eigenvalue weighted by atomic mass is 10.2. The molecule has 0 saturated heterocycles. The van der Waals surface area contributed by atoms with Crippen LogP contribution in [0.4, 0.5) is 4.39 Å². The van der Waals surface area contributed by atoms with E-state index in [4.69, 9.17) is 16.0 Å². The van der Waals surface area contributed by atoms with Crippen LogP contribution in [-0.2, 0) is 5.75 Å². The van der Waals surface area contributed by atoms with Crippen LogP contribution < -0.4 is 5.32 Å². The first-order chi connectivity index (χ1) is 15.4. The number of carbonyl (C=O) groups excluding carboxylic acids is 1. The number of furan rings is 1. The number of amides is 1. The second-order valence-corrected chi connectivity index (χ2v) is 8.57. The molecule has 1 atom stereocenters. The molecular formula is C23H20ClFN4O2S. The topological polar surface area (TPSA) is 73.0 Å². The lowest BCUT2D eigenvalue weighted by molar-refractivity contribution is 0.0910. The van der Waals surface area contributed by atoms with E-state index in [-0.39, 0.29) is 17.5 Å². The Morgan fingerprint density at radius 1 is 1.22 bits per heavy atom. The highest BCUT2D eigenvalue weighted by Gasteiger charge is 2.23. The number of nitrogens with zero attached hydrogens (tertiary/aromatic N) is 3. The molecule has 4 aromatic rings. The van der Waals surface area contributed by atoms with Gasteiger partial charge in [0.2, 0.25) is 0 Å². The van der Waals surface area contributed by atoms with E-state index in [0.717, 1.165) is 16.8 Å². The van der Waals surface area contributed by atoms with Gasteiger partial charge in [-0.15, -0.1) is 10.2 Å². The van der Waals surface area contributed by atoms with Crippen LogP contribution in [0.3, 0.4) is 0 Å². The first-order valence-corrected chi connectivity index (χ1v) is 11.2. The zero-order valence-corrected chi connectivity index (χ0v) is 19.0. The van der Waals surface area contributed by atoms with Crippen molar-refractivity contribution in [1.29, 1.82) is 0 Å². The minimum atomic E-state index is -0.460. The van der Waals surface area contributed by atoms with Gasteiger partial charge in [-0.3, -0.25) is 9.36 Å². The minimum Gasteiger partial charge on any atom is -0.459 e. The number of carbonyl (C=O) groups is 1. The number of thioether (sulfide) groups is 1. The van der Waals surface area contributed by atoms with Crippen molar-refractivity contribution in [1.82, 2.24) is 20.1 Å². The first kappa shape index (κ1) is 22.1. The molecule has 2 aromatic carbocycles. The van der Waals surface area contributed by atoms with E-state index in [1.165, 1.54) is 30.2 Å². The quantitative estimate of drug-likeness (QED) is 0.348. The van der Waals surface area contributed by atoms with Gasteiger partial charge in [-0.25, -0.2) is 4.39 Å². The smallest absolute Gasteiger partial charge is 0.287 e. The lowest BCUT2D eigenvalue weighted by Gasteiger charge is -2.17. The van der Waals surface area contributed by atoms with E-state index < -0.39 is 6.04 Å². The summed E-state index contributed by atoms with van der Waals surface area (Å²) in [7, 11) is 0. The Morgan fingerprint density at radius 3 is 2.72 bits per heavy atom. The Hall–Kier alpha value is -3.10. The maximum Gasteiger partial charge on any atom is 0.287 e. The highest BCUT2D eigenvalue weighted by Crippen LogP contribution is 2.30. The normalized spacial score (nSPS) is 12.0. The van der Waals surface area contributed by atoms with E-state index in [1.807, 2.05) is 36.6 Å². The molecule has 1 unspecified atom stereocenters. The summed E-state index contributed by atoms with van der Waals surface area (Å²) in [4.78, 5) is 12.5. The summed E-state index contributed by atoms with van der Waals surface area (Å²) in [6, 6.07) is 14.7. The van der Waals surface area contributed by atoms with Gasteiger partial charge in [-0.05, 0) is 61.4 Å². The van der Waals surface area contributed by atoms with Gasteiger partial charge in [0.1, 0.15) is 5.82 Å². The van der Waals surface area contributed by atoms with Gasteiger partial charge in [0.05, 0.1) is 18.0 Å². The molecule has 0 fully saturated rings. The SMILES string of the molecule is Cc1ccc(Cl)cc1-n1c(SCc2ccc(F)cc2)nnc1C(C)NC(=O)c1ccco1. The van der Waals surface area contributed by atoms with Crippen molar-refractivity contribution < 1.29 is 13.6 Å². The summed E-state index contributed by atoms with van der Waals surface area (Å²) in [6.07, 6.45) is 1.45. The van der Waals surface area contributed by atoms with Gasteiger partial charge >= 0.3 is 0 Å². The van der Waals surface area contributed by atoms with E-state index in [1.54, 1.807) is 24.3 Å². The molecule has 0 saturated carbocycles. The third kappa shape index (κ3) is 4.87. The van der Waals surface area contributed by atoms with Crippen LogP contribution in [0.15, 0.2) is 70.4 Å². The van der Waals surface area contributed by atoms with Gasteiger partial charge < -0.3 is 9.73 Å². The molecule has 0 bridgehead atoms. The van der Waals surface area contributed by atoms with Crippen molar-refractivity contribution >= 4 is 29.3 Å². The highest BCUT2D eigenvalue weighted by atomic mass is 35.5. The predicted octanol–water partition coefficient (Wildman–Crippen LogP) is 5.74. The summed E-state index contributed by atoms with van der Waals surface area (Å²) in [5, 5.41) is 12.8. The van der Waals surface area contributed by atoms with Crippen molar-refractivity contribution in [2.45, 2.75) is 30.8 Å². The molecule has 9 heteroatoms. The Balaban J connectivity index is 1.67. The number of rotatable bonds is 7. The maximum atomic E-state index is 13.2. The third-order valence-electron chi connectivity index (χ3n) is 4.83. The van der Waals surface area contributed by atoms with Gasteiger partial charge in [0, 0.05) is 10.8 Å². The zero-order valence-electron chi connectivity index (χ0n) is 17.4. The first-order valence-electron chi connectivity index (χ1n) is 9.86. The van der Waals surface area contributed by atoms with Crippen molar-refractivity contribution in [3.8, 4) is 5.69 Å². The summed E-state index contributed by atoms with van der Waals surface area (Å²) in [5.41, 5.74) is 2.75. The highest BCUT2D eigenvalue weighted by molar-refractivity contribution is 7.98. The number of benzene rings is 2. The molecule has 2 heterocycles. The lowest BCUT2D eigenvalue weighted by Crippen LogP contribution is -2.28. The van der Waals surface area contributed by atoms with Crippen LogP contribution in [0.2, 0.25) is 5.02 Å². The van der Waals surface area contributed by atoms with E-state index in [0.29, 0.717) is 21.8 Å². The molecule has 0 radical (unpaired) electrons. The van der Waals surface area contributed by atoms with Crippen LogP contribution in [-0.4, -0.2) is 20.7 Å². The molecule has 0 aliphatic carbocycles. The Morgan fingerprint density at radius 2 is 2.00 bits per heavy atom. The van der Waals surface area contributed by atoms with Crippen LogP contribution in [0.5, 0.6) is 0 Å². The summed E-state index contributed by atoms with van der Waals surface area (Å²) in [6.45, 7) is 3.80. The molecule has 1 amide bonds. The second kappa shape index (κ2) is 9.58. The average molecular weight is 471 g/mol. The van der Waals surface area contributed by atoms with Gasteiger partial charge in [-0.1, -0.05) is 41.6 Å². The predicted molar refractivity (Wildman–Crippen MR) is 122 cm³/mol. The molecule has 0 aliphatic rings. The van der Waals surface area contributed by atoms with Crippen molar-refractivity contribution in [2.75, 3.05) is 0 Å². The van der Waals surface area contributed by atoms with Crippen molar-refractivity contribution in [3.05, 3.63) is 94.4 Å². The summed E-state index contributed by atoms with van der Waals surface area (Å²) in [5.74, 6) is 0.718. The van der Waals surface area contributed by atoms with Crippen LogP contribution in [0.25, 0.3) is 5.69 Å². The summed E-state index contributed by atoms with van der Waals surface area (Å²) < 4.78 is 20.3. The van der Waals surface area contributed by atoms with E-state index >= 15 is 0 Å². The molecule has 164 valence electrons. The molecule has 4 rings (SSSR count). The monoisotopic (exact) mass is 470 g/mol. The number of aryl methyl sites for hydroxylation is 1. The molecule has 1 N–H and O–H groups in total. The number of aromatic nitrogens is 3. The molecule has 0 aliphatic heterocycles. The molecule has 2 aromatic heterocycles. The maximum absolute atomic E-state index is 13.2. The Bertz CT molecular complexity index is 1230. The summed E-state index contributed by atoms with van der Waals surface area (Å²) >= 11 is 7.74. The number of hydrogen-bond donors (Lipinski definition) is 1. The van der Waals surface area contributed by atoms with Crippen LogP contribution in [0.1, 0.15) is 40.5 Å². The molecule has 0 spiro atoms. The zero-order chi connectivity index (χ0) is 22.7. The van der Waals surface area contributed by atoms with Crippen molar-refractivity contribution in [3.63, 3.8) is 0 Å². The van der Waals surface area contributed by atoms with Crippen LogP contribution in [0, 0.1) is 12.7 Å². The largest absolute Gasteiger partial charge is 0.459 e. The molecule has 6 nitrogen and oxygen atoms in total. The number of hydrogen-bond acceptors (Lipinski definition) is 5. The molecular weight excluding hydrogens is 451 g/mol. The number of halogens is 2. The van der Waals surface area contributed by atoms with E-state index in [2.05, 4.69) is 15.5 Å². The third-order valence-corrected chi connectivity index (χ3v) is 6.07. The average Bonchev–Trinajstić information content (AvgIpc) is 3.45. The fourth-order valence-corrected chi connectivity index (χ4v) is 4.25. The fraction of sp³-hybridized carbons (Fsp3) is 0.174. The fourth-order valence-electron chi connectivity index (χ4n) is 3.17. The van der Waals surface area contributed by atoms with Gasteiger partial charge in [0.25, 0.3) is 5.91 Å². The standard InChI is InChI=1S/C23H20ClFN4O2S/c1-14-5-8-17(24)12-19(14)29-21(15(2)26-22(30)20-4-3-11-31-20)27-28-23(29)32-13-16-6-9-18(25)10-7-16/h3-12,15H,13H2,1-2H3,(H,26,30). The molecule has 32 heavy (non-hydrogen) atoms. The van der Waals surface area contributed by atoms with E-state index in [9.17, 15) is 9.18 Å². The van der Waals surface area contributed by atoms with Gasteiger partial charge in [-0.2, -0.15) is 0 Å². The van der Waals surface area contributed by atoms with Crippen molar-refractivity contribution in [2.24, 2.45) is 0 Å². The Kier molecular flexibility index (Phi) is 6.62. The van der Waals surface area contributed by atoms with Crippen LogP contribution >= 0.6 is 23.4 Å².